The summed E-state index contributed by atoms with van der Waals surface area (Å²) in [7, 11) is 0. The van der Waals surface area contributed by atoms with E-state index < -0.39 is 24.5 Å². The molecule has 0 aromatic heterocycles. The summed E-state index contributed by atoms with van der Waals surface area (Å²) in [5, 5.41) is 9.65. The summed E-state index contributed by atoms with van der Waals surface area (Å²) in [5.74, 6) is -2.47. The van der Waals surface area contributed by atoms with Gasteiger partial charge < -0.3 is 20.7 Å². The van der Waals surface area contributed by atoms with Crippen LogP contribution in [0, 0.1) is 13.8 Å². The first-order chi connectivity index (χ1) is 15.0. The summed E-state index contributed by atoms with van der Waals surface area (Å²) in [6.07, 6.45) is 0. The van der Waals surface area contributed by atoms with E-state index in [1.807, 2.05) is 19.9 Å². The zero-order chi connectivity index (χ0) is 23.8. The summed E-state index contributed by atoms with van der Waals surface area (Å²) in [6, 6.07) is 8.72. The Bertz CT molecular complexity index is 1050. The Morgan fingerprint density at radius 1 is 0.844 bits per heavy atom. The van der Waals surface area contributed by atoms with Gasteiger partial charge in [0.15, 0.2) is 6.61 Å². The van der Waals surface area contributed by atoms with Gasteiger partial charge in [-0.3, -0.25) is 19.7 Å². The van der Waals surface area contributed by atoms with Crippen LogP contribution in [-0.4, -0.2) is 36.3 Å². The fraction of sp³-hybridized carbons (Fsp3) is 0.227. The van der Waals surface area contributed by atoms with Crippen molar-refractivity contribution in [1.82, 2.24) is 5.32 Å². The van der Waals surface area contributed by atoms with E-state index in [2.05, 4.69) is 21.3 Å². The number of carbonyl (C=O) groups is 5. The number of urea groups is 1. The third kappa shape index (κ3) is 7.24. The third-order valence-electron chi connectivity index (χ3n) is 4.25. The molecule has 5 amide bonds. The Morgan fingerprint density at radius 3 is 2.00 bits per heavy atom. The number of rotatable bonds is 6. The number of carbonyl (C=O) groups excluding carboxylic acids is 5. The molecule has 2 aromatic rings. The van der Waals surface area contributed by atoms with Crippen molar-refractivity contribution in [3.63, 3.8) is 0 Å². The molecular formula is C22H24N4O6. The van der Waals surface area contributed by atoms with Gasteiger partial charge in [-0.15, -0.1) is 0 Å². The quantitative estimate of drug-likeness (QED) is 0.509. The topological polar surface area (TPSA) is 143 Å². The Morgan fingerprint density at radius 2 is 1.44 bits per heavy atom. The maximum atomic E-state index is 12.4. The van der Waals surface area contributed by atoms with Gasteiger partial charge in [0.25, 0.3) is 5.91 Å². The van der Waals surface area contributed by atoms with Gasteiger partial charge in [0.2, 0.25) is 11.8 Å². The van der Waals surface area contributed by atoms with Crippen molar-refractivity contribution < 1.29 is 28.7 Å². The van der Waals surface area contributed by atoms with E-state index in [9.17, 15) is 24.0 Å². The van der Waals surface area contributed by atoms with E-state index in [1.54, 1.807) is 12.1 Å². The number of aryl methyl sites for hydroxylation is 1. The first-order valence-electron chi connectivity index (χ1n) is 9.59. The van der Waals surface area contributed by atoms with Crippen LogP contribution >= 0.6 is 0 Å². The fourth-order valence-electron chi connectivity index (χ4n) is 2.71. The predicted molar refractivity (Wildman–Crippen MR) is 118 cm³/mol. The van der Waals surface area contributed by atoms with Crippen LogP contribution in [0.1, 0.15) is 35.3 Å². The summed E-state index contributed by atoms with van der Waals surface area (Å²) < 4.78 is 4.95. The predicted octanol–water partition coefficient (Wildman–Crippen LogP) is 2.73. The molecule has 0 radical (unpaired) electrons. The lowest BCUT2D eigenvalue weighted by Crippen LogP contribution is -2.37. The molecule has 0 spiro atoms. The van der Waals surface area contributed by atoms with Gasteiger partial charge in [-0.1, -0.05) is 12.1 Å². The lowest BCUT2D eigenvalue weighted by atomic mass is 10.1. The first-order valence-corrected chi connectivity index (χ1v) is 9.59. The van der Waals surface area contributed by atoms with Crippen molar-refractivity contribution in [3.8, 4) is 0 Å². The van der Waals surface area contributed by atoms with Crippen LogP contribution in [0.15, 0.2) is 36.4 Å². The summed E-state index contributed by atoms with van der Waals surface area (Å²) >= 11 is 0. The minimum atomic E-state index is -0.881. The van der Waals surface area contributed by atoms with Crippen LogP contribution < -0.4 is 21.3 Å². The molecule has 10 nitrogen and oxygen atoms in total. The number of esters is 1. The van der Waals surface area contributed by atoms with Crippen LogP contribution in [0.2, 0.25) is 0 Å². The molecule has 0 bridgehead atoms. The van der Waals surface area contributed by atoms with Crippen molar-refractivity contribution in [1.29, 1.82) is 0 Å². The van der Waals surface area contributed by atoms with E-state index in [1.165, 1.54) is 32.0 Å². The van der Waals surface area contributed by atoms with Crippen LogP contribution in [0.4, 0.5) is 21.9 Å². The smallest absolute Gasteiger partial charge is 0.338 e. The Kier molecular flexibility index (Phi) is 8.05. The highest BCUT2D eigenvalue weighted by Gasteiger charge is 2.15. The Hall–Kier alpha value is -4.21. The van der Waals surface area contributed by atoms with Gasteiger partial charge in [0.05, 0.1) is 5.56 Å². The first kappa shape index (κ1) is 24.1. The van der Waals surface area contributed by atoms with Crippen LogP contribution in [0.3, 0.4) is 0 Å². The molecule has 0 saturated carbocycles. The summed E-state index contributed by atoms with van der Waals surface area (Å²) in [4.78, 5) is 59.0. The van der Waals surface area contributed by atoms with Crippen molar-refractivity contribution in [2.75, 3.05) is 22.6 Å². The van der Waals surface area contributed by atoms with Gasteiger partial charge >= 0.3 is 12.0 Å². The maximum Gasteiger partial charge on any atom is 0.338 e. The average molecular weight is 440 g/mol. The number of ether oxygens (including phenoxy) is 1. The van der Waals surface area contributed by atoms with Crippen molar-refractivity contribution >= 4 is 46.8 Å². The molecule has 0 atom stereocenters. The molecule has 0 aliphatic heterocycles. The highest BCUT2D eigenvalue weighted by molar-refractivity contribution is 6.03. The molecule has 2 rings (SSSR count). The van der Waals surface area contributed by atoms with E-state index >= 15 is 0 Å². The molecule has 4 N–H and O–H groups in total. The van der Waals surface area contributed by atoms with Crippen molar-refractivity contribution in [2.24, 2.45) is 0 Å². The van der Waals surface area contributed by atoms with Gasteiger partial charge in [-0.05, 0) is 49.2 Å². The summed E-state index contributed by atoms with van der Waals surface area (Å²) in [5.41, 5.74) is 2.89. The molecule has 168 valence electrons. The normalized spacial score (nSPS) is 10.0. The van der Waals surface area contributed by atoms with Crippen molar-refractivity contribution in [3.05, 3.63) is 53.1 Å². The number of anilines is 3. The number of hydrogen-bond acceptors (Lipinski definition) is 6. The highest BCUT2D eigenvalue weighted by Crippen LogP contribution is 2.20. The van der Waals surface area contributed by atoms with E-state index in [4.69, 9.17) is 4.74 Å². The molecule has 0 unspecified atom stereocenters. The molecule has 0 fully saturated rings. The minimum Gasteiger partial charge on any atom is -0.452 e. The largest absolute Gasteiger partial charge is 0.452 e. The van der Waals surface area contributed by atoms with Crippen molar-refractivity contribution in [2.45, 2.75) is 27.7 Å². The molecule has 0 aliphatic rings. The maximum absolute atomic E-state index is 12.4. The standard InChI is InChI=1S/C22H24N4O6/c1-12-6-5-7-19(13(12)2)25-22(31)26-20(29)11-32-21(30)16-8-17(23-14(3)27)10-18(9-16)24-15(4)28/h5-10H,11H2,1-4H3,(H,23,27)(H,24,28)(H2,25,26,29,31). The van der Waals surface area contributed by atoms with Gasteiger partial charge in [0, 0.05) is 30.9 Å². The fourth-order valence-corrected chi connectivity index (χ4v) is 2.71. The second-order valence-electron chi connectivity index (χ2n) is 6.99. The molecule has 2 aromatic carbocycles. The monoisotopic (exact) mass is 440 g/mol. The average Bonchev–Trinajstić information content (AvgIpc) is 2.68. The highest BCUT2D eigenvalue weighted by atomic mass is 16.5. The van der Waals surface area contributed by atoms with E-state index in [0.717, 1.165) is 11.1 Å². The SMILES string of the molecule is CC(=O)Nc1cc(NC(C)=O)cc(C(=O)OCC(=O)NC(=O)Nc2cccc(C)c2C)c1. The second-order valence-corrected chi connectivity index (χ2v) is 6.99. The zero-order valence-electron chi connectivity index (χ0n) is 18.1. The van der Waals surface area contributed by atoms with E-state index in [-0.39, 0.29) is 28.8 Å². The number of benzene rings is 2. The van der Waals surface area contributed by atoms with Crippen LogP contribution in [0.25, 0.3) is 0 Å². The third-order valence-corrected chi connectivity index (χ3v) is 4.25. The van der Waals surface area contributed by atoms with Gasteiger partial charge in [-0.25, -0.2) is 9.59 Å². The number of amides is 5. The zero-order valence-corrected chi connectivity index (χ0v) is 18.1. The Balaban J connectivity index is 1.99. The van der Waals surface area contributed by atoms with Crippen LogP contribution in [-0.2, 0) is 19.1 Å². The number of hydrogen-bond donors (Lipinski definition) is 4. The minimum absolute atomic E-state index is 0.00682. The second kappa shape index (κ2) is 10.7. The molecule has 0 heterocycles. The molecule has 0 aliphatic carbocycles. The Labute approximate surface area is 184 Å². The van der Waals surface area contributed by atoms with E-state index in [0.29, 0.717) is 5.69 Å². The molecule has 0 saturated heterocycles. The summed E-state index contributed by atoms with van der Waals surface area (Å²) in [6.45, 7) is 5.59. The molecular weight excluding hydrogens is 416 g/mol. The van der Waals surface area contributed by atoms with Gasteiger partial charge in [0.1, 0.15) is 0 Å². The lowest BCUT2D eigenvalue weighted by molar-refractivity contribution is -0.123. The lowest BCUT2D eigenvalue weighted by Gasteiger charge is -2.12. The number of nitrogens with one attached hydrogen (secondary N) is 4. The van der Waals surface area contributed by atoms with Gasteiger partial charge in [-0.2, -0.15) is 0 Å². The molecule has 32 heavy (non-hydrogen) atoms. The number of imide groups is 1. The van der Waals surface area contributed by atoms with Crippen LogP contribution in [0.5, 0.6) is 0 Å². The molecule has 10 heteroatoms.